The van der Waals surface area contributed by atoms with Crippen molar-refractivity contribution in [2.24, 2.45) is 0 Å². The molecule has 1 N–H and O–H groups in total. The van der Waals surface area contributed by atoms with Gasteiger partial charge in [-0.15, -0.1) is 0 Å². The third kappa shape index (κ3) is 4.94. The second-order valence-electron chi connectivity index (χ2n) is 4.48. The second-order valence-corrected chi connectivity index (χ2v) is 5.95. The van der Waals surface area contributed by atoms with Crippen molar-refractivity contribution >= 4 is 11.8 Å². The van der Waals surface area contributed by atoms with Gasteiger partial charge in [0.05, 0.1) is 0 Å². The molecule has 0 heterocycles. The van der Waals surface area contributed by atoms with E-state index in [2.05, 4.69) is 19.2 Å². The van der Waals surface area contributed by atoms with E-state index in [0.717, 1.165) is 18.2 Å². The number of nitrogens with one attached hydrogen (secondary N) is 1. The van der Waals surface area contributed by atoms with Crippen LogP contribution in [-0.4, -0.2) is 24.1 Å². The normalized spacial score (nSPS) is 14.5. The Labute approximate surface area is 112 Å². The Balaban J connectivity index is 2.59. The number of hydrogen-bond donors (Lipinski definition) is 1. The molecule has 1 nitrogen and oxygen atoms in total. The van der Waals surface area contributed by atoms with Gasteiger partial charge in [0.25, 0.3) is 0 Å². The lowest BCUT2D eigenvalue weighted by Gasteiger charge is -2.18. The Kier molecular flexibility index (Phi) is 6.65. The van der Waals surface area contributed by atoms with Crippen LogP contribution in [0.3, 0.4) is 0 Å². The molecule has 0 saturated heterocycles. The van der Waals surface area contributed by atoms with Crippen LogP contribution in [0.1, 0.15) is 25.8 Å². The van der Waals surface area contributed by atoms with Gasteiger partial charge < -0.3 is 5.32 Å². The minimum absolute atomic E-state index is 0.167. The van der Waals surface area contributed by atoms with Crippen LogP contribution in [0, 0.1) is 11.6 Å². The van der Waals surface area contributed by atoms with Crippen LogP contribution < -0.4 is 5.32 Å². The molecule has 0 saturated carbocycles. The molecule has 0 aromatic heterocycles. The molecule has 0 fully saturated rings. The Morgan fingerprint density at radius 3 is 2.67 bits per heavy atom. The van der Waals surface area contributed by atoms with Crippen LogP contribution >= 0.6 is 11.8 Å². The first-order valence-electron chi connectivity index (χ1n) is 6.29. The molecule has 0 aliphatic rings. The molecule has 18 heavy (non-hydrogen) atoms. The molecule has 0 aliphatic heterocycles. The second kappa shape index (κ2) is 7.74. The van der Waals surface area contributed by atoms with Crippen molar-refractivity contribution < 1.29 is 8.78 Å². The van der Waals surface area contributed by atoms with E-state index in [4.69, 9.17) is 0 Å². The van der Waals surface area contributed by atoms with E-state index in [0.29, 0.717) is 17.2 Å². The molecular formula is C14H21F2NS. The third-order valence-corrected chi connectivity index (χ3v) is 4.54. The lowest BCUT2D eigenvalue weighted by Crippen LogP contribution is -2.31. The summed E-state index contributed by atoms with van der Waals surface area (Å²) in [7, 11) is 1.86. The molecule has 2 atom stereocenters. The summed E-state index contributed by atoms with van der Waals surface area (Å²) in [5, 5.41) is 3.76. The highest BCUT2D eigenvalue weighted by molar-refractivity contribution is 7.99. The molecule has 0 amide bonds. The van der Waals surface area contributed by atoms with Crippen molar-refractivity contribution in [2.75, 3.05) is 12.8 Å². The van der Waals surface area contributed by atoms with Crippen molar-refractivity contribution in [1.82, 2.24) is 5.32 Å². The van der Waals surface area contributed by atoms with E-state index in [-0.39, 0.29) is 17.7 Å². The summed E-state index contributed by atoms with van der Waals surface area (Å²) in [6.45, 7) is 4.33. The maximum absolute atomic E-state index is 13.5. The first-order chi connectivity index (χ1) is 8.56. The molecule has 0 aliphatic carbocycles. The van der Waals surface area contributed by atoms with Crippen LogP contribution in [0.5, 0.6) is 0 Å². The molecule has 1 aromatic carbocycles. The zero-order valence-corrected chi connectivity index (χ0v) is 12.0. The highest BCUT2D eigenvalue weighted by atomic mass is 32.2. The monoisotopic (exact) mass is 273 g/mol. The van der Waals surface area contributed by atoms with Crippen molar-refractivity contribution in [2.45, 2.75) is 38.0 Å². The third-order valence-electron chi connectivity index (χ3n) is 3.04. The van der Waals surface area contributed by atoms with Crippen LogP contribution in [0.15, 0.2) is 18.2 Å². The standard InChI is InChI=1S/C14H21F2NS/c1-4-10(2)18-9-13(17-3)8-11-7-12(15)5-6-14(11)16/h5-7,10,13,17H,4,8-9H2,1-3H3. The predicted molar refractivity (Wildman–Crippen MR) is 75.1 cm³/mol. The Hall–Kier alpha value is -0.610. The average molecular weight is 273 g/mol. The van der Waals surface area contributed by atoms with Crippen molar-refractivity contribution in [1.29, 1.82) is 0 Å². The topological polar surface area (TPSA) is 12.0 Å². The van der Waals surface area contributed by atoms with Gasteiger partial charge in [0.15, 0.2) is 0 Å². The number of benzene rings is 1. The summed E-state index contributed by atoms with van der Waals surface area (Å²) < 4.78 is 26.6. The lowest BCUT2D eigenvalue weighted by molar-refractivity contribution is 0.555. The molecule has 2 unspecified atom stereocenters. The van der Waals surface area contributed by atoms with Crippen LogP contribution in [0.2, 0.25) is 0 Å². The summed E-state index contributed by atoms with van der Waals surface area (Å²) in [6.07, 6.45) is 1.64. The quantitative estimate of drug-likeness (QED) is 0.814. The number of likely N-dealkylation sites (N-methyl/N-ethyl adjacent to an activating group) is 1. The van der Waals surface area contributed by atoms with E-state index < -0.39 is 0 Å². The van der Waals surface area contributed by atoms with Crippen LogP contribution in [-0.2, 0) is 6.42 Å². The van der Waals surface area contributed by atoms with Crippen molar-refractivity contribution in [3.63, 3.8) is 0 Å². The molecule has 0 bridgehead atoms. The van der Waals surface area contributed by atoms with Gasteiger partial charge in [0.2, 0.25) is 0 Å². The lowest BCUT2D eigenvalue weighted by atomic mass is 10.1. The number of hydrogen-bond acceptors (Lipinski definition) is 2. The SMILES string of the molecule is CCC(C)SCC(Cc1cc(F)ccc1F)NC. The van der Waals surface area contributed by atoms with Gasteiger partial charge in [-0.05, 0) is 43.7 Å². The highest BCUT2D eigenvalue weighted by Gasteiger charge is 2.13. The number of halogens is 2. The molecule has 4 heteroatoms. The van der Waals surface area contributed by atoms with E-state index in [1.54, 1.807) is 0 Å². The maximum atomic E-state index is 13.5. The van der Waals surface area contributed by atoms with Crippen molar-refractivity contribution in [3.8, 4) is 0 Å². The molecule has 0 radical (unpaired) electrons. The fraction of sp³-hybridized carbons (Fsp3) is 0.571. The molecular weight excluding hydrogens is 252 g/mol. The Morgan fingerprint density at radius 1 is 1.33 bits per heavy atom. The summed E-state index contributed by atoms with van der Waals surface area (Å²) in [5.74, 6) is 0.197. The Bertz CT molecular complexity index is 371. The molecule has 1 aromatic rings. The van der Waals surface area contributed by atoms with Gasteiger partial charge in [-0.25, -0.2) is 8.78 Å². The fourth-order valence-corrected chi connectivity index (χ4v) is 2.69. The minimum Gasteiger partial charge on any atom is -0.316 e. The fourth-order valence-electron chi connectivity index (χ4n) is 1.61. The van der Waals surface area contributed by atoms with Gasteiger partial charge in [0, 0.05) is 17.0 Å². The van der Waals surface area contributed by atoms with E-state index in [1.165, 1.54) is 12.1 Å². The first-order valence-corrected chi connectivity index (χ1v) is 7.34. The summed E-state index contributed by atoms with van der Waals surface area (Å²) >= 11 is 1.86. The average Bonchev–Trinajstić information content (AvgIpc) is 2.37. The van der Waals surface area contributed by atoms with Gasteiger partial charge >= 0.3 is 0 Å². The largest absolute Gasteiger partial charge is 0.316 e. The van der Waals surface area contributed by atoms with Gasteiger partial charge in [0.1, 0.15) is 11.6 Å². The minimum atomic E-state index is -0.379. The van der Waals surface area contributed by atoms with Crippen LogP contribution in [0.4, 0.5) is 8.78 Å². The van der Waals surface area contributed by atoms with Gasteiger partial charge in [-0.2, -0.15) is 11.8 Å². The molecule has 0 spiro atoms. The summed E-state index contributed by atoms with van der Waals surface area (Å²) in [5.41, 5.74) is 0.444. The maximum Gasteiger partial charge on any atom is 0.126 e. The molecule has 102 valence electrons. The van der Waals surface area contributed by atoms with Crippen LogP contribution in [0.25, 0.3) is 0 Å². The number of rotatable bonds is 7. The van der Waals surface area contributed by atoms with E-state index in [9.17, 15) is 8.78 Å². The Morgan fingerprint density at radius 2 is 2.06 bits per heavy atom. The highest BCUT2D eigenvalue weighted by Crippen LogP contribution is 2.18. The van der Waals surface area contributed by atoms with Gasteiger partial charge in [-0.1, -0.05) is 13.8 Å². The number of thioether (sulfide) groups is 1. The van der Waals surface area contributed by atoms with E-state index in [1.807, 2.05) is 18.8 Å². The summed E-state index contributed by atoms with van der Waals surface area (Å²) in [6, 6.07) is 3.80. The predicted octanol–water partition coefficient (Wildman–Crippen LogP) is 3.63. The molecule has 1 rings (SSSR count). The zero-order valence-electron chi connectivity index (χ0n) is 11.2. The smallest absolute Gasteiger partial charge is 0.126 e. The van der Waals surface area contributed by atoms with Gasteiger partial charge in [-0.3, -0.25) is 0 Å². The first kappa shape index (κ1) is 15.4. The van der Waals surface area contributed by atoms with Crippen molar-refractivity contribution in [3.05, 3.63) is 35.4 Å². The zero-order chi connectivity index (χ0) is 13.5. The van der Waals surface area contributed by atoms with E-state index >= 15 is 0 Å². The summed E-state index contributed by atoms with van der Waals surface area (Å²) in [4.78, 5) is 0.